The number of halogens is 1. The fourth-order valence-electron chi connectivity index (χ4n) is 3.22. The van der Waals surface area contributed by atoms with E-state index < -0.39 is 0 Å². The zero-order chi connectivity index (χ0) is 16.9. The number of aromatic nitrogens is 4. The second-order valence-corrected chi connectivity index (χ2v) is 6.07. The average Bonchev–Trinajstić information content (AvgIpc) is 3.08. The number of tetrazole rings is 1. The van der Waals surface area contributed by atoms with Gasteiger partial charge in [-0.3, -0.25) is 0 Å². The van der Waals surface area contributed by atoms with Crippen LogP contribution in [0.25, 0.3) is 0 Å². The molecule has 1 aromatic heterocycles. The summed E-state index contributed by atoms with van der Waals surface area (Å²) in [5.41, 5.74) is 0.689. The number of rotatable bonds is 6. The quantitative estimate of drug-likeness (QED) is 0.800. The van der Waals surface area contributed by atoms with Crippen LogP contribution >= 0.6 is 0 Å². The highest BCUT2D eigenvalue weighted by Gasteiger charge is 2.29. The number of anilines is 1. The molecule has 24 heavy (non-hydrogen) atoms. The number of ether oxygens (including phenoxy) is 1. The van der Waals surface area contributed by atoms with Crippen LogP contribution in [0.4, 0.5) is 10.1 Å². The Bertz CT molecular complexity index is 656. The van der Waals surface area contributed by atoms with Crippen LogP contribution in [0.2, 0.25) is 0 Å². The summed E-state index contributed by atoms with van der Waals surface area (Å²) in [6.45, 7) is 6.86. The van der Waals surface area contributed by atoms with Crippen LogP contribution in [0.3, 0.4) is 0 Å². The fourth-order valence-corrected chi connectivity index (χ4v) is 3.22. The molecule has 1 aliphatic rings. The highest BCUT2D eigenvalue weighted by molar-refractivity contribution is 5.47. The zero-order valence-electron chi connectivity index (χ0n) is 14.2. The number of methoxy groups -OCH3 is 1. The van der Waals surface area contributed by atoms with E-state index in [-0.39, 0.29) is 11.9 Å². The molecule has 7 nitrogen and oxygen atoms in total. The third-order valence-corrected chi connectivity index (χ3v) is 4.67. The molecule has 0 spiro atoms. The van der Waals surface area contributed by atoms with E-state index in [1.165, 1.54) is 11.0 Å². The van der Waals surface area contributed by atoms with Crippen molar-refractivity contribution in [1.82, 2.24) is 20.2 Å². The van der Waals surface area contributed by atoms with E-state index in [1.54, 1.807) is 13.2 Å². The van der Waals surface area contributed by atoms with E-state index in [4.69, 9.17) is 4.74 Å². The number of benzene rings is 1. The largest absolute Gasteiger partial charge is 0.383 e. The van der Waals surface area contributed by atoms with Crippen molar-refractivity contribution >= 4 is 5.69 Å². The maximum atomic E-state index is 13.9. The maximum Gasteiger partial charge on any atom is 0.209 e. The highest BCUT2D eigenvalue weighted by Crippen LogP contribution is 2.18. The summed E-state index contributed by atoms with van der Waals surface area (Å²) in [5, 5.41) is 12.0. The molecular weight excluding hydrogens is 311 g/mol. The summed E-state index contributed by atoms with van der Waals surface area (Å²) >= 11 is 0. The van der Waals surface area contributed by atoms with E-state index in [0.717, 1.165) is 32.0 Å². The first kappa shape index (κ1) is 16.8. The van der Waals surface area contributed by atoms with Gasteiger partial charge < -0.3 is 14.5 Å². The third kappa shape index (κ3) is 3.54. The summed E-state index contributed by atoms with van der Waals surface area (Å²) in [6.07, 6.45) is 0. The lowest BCUT2D eigenvalue weighted by Crippen LogP contribution is -3.15. The topological polar surface area (TPSA) is 60.5 Å². The molecule has 0 bridgehead atoms. The Morgan fingerprint density at radius 3 is 2.75 bits per heavy atom. The SMILES string of the molecule is COCCn1nnnc1[C@H](C)[NH+]1CCN(c2ccccc2F)CC1. The van der Waals surface area contributed by atoms with E-state index in [9.17, 15) is 4.39 Å². The van der Waals surface area contributed by atoms with Crippen molar-refractivity contribution in [3.8, 4) is 0 Å². The van der Waals surface area contributed by atoms with Crippen molar-refractivity contribution in [2.75, 3.05) is 44.8 Å². The predicted molar refractivity (Wildman–Crippen MR) is 87.4 cm³/mol. The fraction of sp³-hybridized carbons (Fsp3) is 0.562. The second kappa shape index (κ2) is 7.67. The molecular formula is C16H24FN6O+. The number of nitrogens with zero attached hydrogens (tertiary/aromatic N) is 5. The van der Waals surface area contributed by atoms with Crippen molar-refractivity contribution < 1.29 is 14.0 Å². The average molecular weight is 335 g/mol. The number of piperazine rings is 1. The van der Waals surface area contributed by atoms with Gasteiger partial charge in [0.15, 0.2) is 0 Å². The number of nitrogens with one attached hydrogen (secondary N) is 1. The first-order chi connectivity index (χ1) is 11.7. The molecule has 0 amide bonds. The summed E-state index contributed by atoms with van der Waals surface area (Å²) in [5.74, 6) is 0.721. The smallest absolute Gasteiger partial charge is 0.209 e. The summed E-state index contributed by atoms with van der Waals surface area (Å²) < 4.78 is 20.8. The molecule has 1 aliphatic heterocycles. The molecule has 0 aliphatic carbocycles. The van der Waals surface area contributed by atoms with Crippen molar-refractivity contribution in [1.29, 1.82) is 0 Å². The van der Waals surface area contributed by atoms with Gasteiger partial charge in [0, 0.05) is 7.11 Å². The molecule has 2 heterocycles. The van der Waals surface area contributed by atoms with E-state index in [1.807, 2.05) is 16.8 Å². The van der Waals surface area contributed by atoms with Gasteiger partial charge in [0.25, 0.3) is 0 Å². The summed E-state index contributed by atoms with van der Waals surface area (Å²) in [4.78, 5) is 3.52. The summed E-state index contributed by atoms with van der Waals surface area (Å²) in [7, 11) is 1.67. The molecule has 1 fully saturated rings. The minimum atomic E-state index is -0.155. The number of hydrogen-bond acceptors (Lipinski definition) is 5. The van der Waals surface area contributed by atoms with Crippen LogP contribution in [-0.4, -0.2) is 60.1 Å². The van der Waals surface area contributed by atoms with Crippen LogP contribution in [0, 0.1) is 5.82 Å². The van der Waals surface area contributed by atoms with Gasteiger partial charge in [-0.1, -0.05) is 12.1 Å². The number of hydrogen-bond donors (Lipinski definition) is 1. The van der Waals surface area contributed by atoms with Crippen LogP contribution < -0.4 is 9.80 Å². The van der Waals surface area contributed by atoms with E-state index in [2.05, 4.69) is 27.3 Å². The Kier molecular flexibility index (Phi) is 5.37. The lowest BCUT2D eigenvalue weighted by atomic mass is 10.2. The first-order valence-electron chi connectivity index (χ1n) is 8.29. The predicted octanol–water partition coefficient (Wildman–Crippen LogP) is -0.0753. The minimum Gasteiger partial charge on any atom is -0.383 e. The molecule has 2 aromatic rings. The third-order valence-electron chi connectivity index (χ3n) is 4.67. The second-order valence-electron chi connectivity index (χ2n) is 6.07. The Morgan fingerprint density at radius 1 is 1.29 bits per heavy atom. The molecule has 1 saturated heterocycles. The number of quaternary nitrogens is 1. The first-order valence-corrected chi connectivity index (χ1v) is 8.29. The lowest BCUT2D eigenvalue weighted by molar-refractivity contribution is -0.931. The Labute approximate surface area is 141 Å². The molecule has 8 heteroatoms. The molecule has 0 unspecified atom stereocenters. The molecule has 3 rings (SSSR count). The standard InChI is InChI=1S/C16H23FN6O/c1-13(16-18-19-20-23(16)11-12-24-2)21-7-9-22(10-8-21)15-6-4-3-5-14(15)17/h3-6,13H,7-12H2,1-2H3/p+1/t13-/m0/s1. The van der Waals surface area contributed by atoms with Gasteiger partial charge in [-0.2, -0.15) is 0 Å². The molecule has 1 aromatic carbocycles. The molecule has 1 N–H and O–H groups in total. The minimum absolute atomic E-state index is 0.155. The van der Waals surface area contributed by atoms with E-state index in [0.29, 0.717) is 18.8 Å². The van der Waals surface area contributed by atoms with E-state index >= 15 is 0 Å². The van der Waals surface area contributed by atoms with Crippen LogP contribution in [0.5, 0.6) is 0 Å². The van der Waals surface area contributed by atoms with Gasteiger partial charge in [0.1, 0.15) is 11.9 Å². The van der Waals surface area contributed by atoms with Crippen LogP contribution in [0.1, 0.15) is 18.8 Å². The summed E-state index contributed by atoms with van der Waals surface area (Å²) in [6, 6.07) is 7.16. The molecule has 0 saturated carbocycles. The van der Waals surface area contributed by atoms with Crippen LogP contribution in [0.15, 0.2) is 24.3 Å². The maximum absolute atomic E-state index is 13.9. The lowest BCUT2D eigenvalue weighted by Gasteiger charge is -2.36. The van der Waals surface area contributed by atoms with Gasteiger partial charge in [0.05, 0.1) is 45.0 Å². The normalized spacial score (nSPS) is 17.2. The van der Waals surface area contributed by atoms with Crippen LogP contribution in [-0.2, 0) is 11.3 Å². The Hall–Kier alpha value is -2.06. The monoisotopic (exact) mass is 335 g/mol. The Balaban J connectivity index is 1.62. The van der Waals surface area contributed by atoms with Gasteiger partial charge >= 0.3 is 0 Å². The van der Waals surface area contributed by atoms with Crippen molar-refractivity contribution in [2.45, 2.75) is 19.5 Å². The van der Waals surface area contributed by atoms with Crippen molar-refractivity contribution in [2.24, 2.45) is 0 Å². The zero-order valence-corrected chi connectivity index (χ0v) is 14.2. The van der Waals surface area contributed by atoms with Gasteiger partial charge in [-0.25, -0.2) is 9.07 Å². The van der Waals surface area contributed by atoms with Gasteiger partial charge in [-0.05, 0) is 29.5 Å². The number of para-hydroxylation sites is 1. The Morgan fingerprint density at radius 2 is 2.04 bits per heavy atom. The highest BCUT2D eigenvalue weighted by atomic mass is 19.1. The molecule has 1 atom stereocenters. The molecule has 130 valence electrons. The van der Waals surface area contributed by atoms with Crippen molar-refractivity contribution in [3.63, 3.8) is 0 Å². The van der Waals surface area contributed by atoms with Gasteiger partial charge in [-0.15, -0.1) is 5.10 Å². The van der Waals surface area contributed by atoms with Gasteiger partial charge in [0.2, 0.25) is 5.82 Å². The molecule has 0 radical (unpaired) electrons. The van der Waals surface area contributed by atoms with Crippen molar-refractivity contribution in [3.05, 3.63) is 35.9 Å².